The van der Waals surface area contributed by atoms with Gasteiger partial charge in [-0.15, -0.1) is 0 Å². The van der Waals surface area contributed by atoms with Gasteiger partial charge in [0.2, 0.25) is 0 Å². The van der Waals surface area contributed by atoms with Crippen molar-refractivity contribution < 1.29 is 14.1 Å². The van der Waals surface area contributed by atoms with Gasteiger partial charge in [0, 0.05) is 57.4 Å². The summed E-state index contributed by atoms with van der Waals surface area (Å²) in [5.41, 5.74) is 3.87. The second-order valence-electron chi connectivity index (χ2n) is 8.07. The molecule has 3 N–H and O–H groups in total. The van der Waals surface area contributed by atoms with Crippen molar-refractivity contribution in [3.05, 3.63) is 82.6 Å². The van der Waals surface area contributed by atoms with Gasteiger partial charge in [0.05, 0.1) is 16.4 Å². The SMILES string of the molecule is O=C(COc1cc2[nH]c(-c3cc4ccc(Br)cc4[nH]3)cc2cc1Cl)NCCC[n+]1ccccc1. The van der Waals surface area contributed by atoms with Gasteiger partial charge in [-0.2, -0.15) is 0 Å². The molecule has 0 atom stereocenters. The quantitative estimate of drug-likeness (QED) is 0.178. The molecule has 1 amide bonds. The Morgan fingerprint density at radius 2 is 1.71 bits per heavy atom. The zero-order chi connectivity index (χ0) is 23.5. The molecule has 34 heavy (non-hydrogen) atoms. The highest BCUT2D eigenvalue weighted by molar-refractivity contribution is 9.10. The minimum absolute atomic E-state index is 0.0891. The van der Waals surface area contributed by atoms with Gasteiger partial charge in [-0.3, -0.25) is 4.79 Å². The number of halogens is 2. The highest BCUT2D eigenvalue weighted by atomic mass is 79.9. The minimum Gasteiger partial charge on any atom is -0.482 e. The van der Waals surface area contributed by atoms with E-state index in [2.05, 4.69) is 54.0 Å². The minimum atomic E-state index is -0.175. The number of pyridine rings is 1. The van der Waals surface area contributed by atoms with E-state index in [-0.39, 0.29) is 12.5 Å². The van der Waals surface area contributed by atoms with Crippen LogP contribution in [0.2, 0.25) is 5.02 Å². The van der Waals surface area contributed by atoms with E-state index in [1.807, 2.05) is 54.9 Å². The van der Waals surface area contributed by atoms with E-state index < -0.39 is 0 Å². The summed E-state index contributed by atoms with van der Waals surface area (Å²) in [6, 6.07) is 19.9. The fourth-order valence-corrected chi connectivity index (χ4v) is 4.49. The molecule has 0 unspecified atom stereocenters. The van der Waals surface area contributed by atoms with Crippen molar-refractivity contribution in [2.24, 2.45) is 0 Å². The van der Waals surface area contributed by atoms with E-state index >= 15 is 0 Å². The van der Waals surface area contributed by atoms with Gasteiger partial charge in [0.25, 0.3) is 5.91 Å². The third-order valence-corrected chi connectivity index (χ3v) is 6.39. The Morgan fingerprint density at radius 3 is 2.50 bits per heavy atom. The van der Waals surface area contributed by atoms with E-state index in [0.29, 0.717) is 17.3 Å². The van der Waals surface area contributed by atoms with Crippen LogP contribution >= 0.6 is 27.5 Å². The van der Waals surface area contributed by atoms with Crippen LogP contribution in [-0.2, 0) is 11.3 Å². The predicted octanol–water partition coefficient (Wildman–Crippen LogP) is 5.60. The molecule has 3 heterocycles. The van der Waals surface area contributed by atoms with Gasteiger partial charge in [0.15, 0.2) is 19.0 Å². The third-order valence-electron chi connectivity index (χ3n) is 5.60. The molecule has 3 aromatic heterocycles. The number of aryl methyl sites for hydroxylation is 1. The van der Waals surface area contributed by atoms with Crippen molar-refractivity contribution in [3.63, 3.8) is 0 Å². The van der Waals surface area contributed by atoms with Crippen LogP contribution in [0.1, 0.15) is 6.42 Å². The molecule has 0 bridgehead atoms. The van der Waals surface area contributed by atoms with Gasteiger partial charge >= 0.3 is 0 Å². The van der Waals surface area contributed by atoms with Crippen molar-refractivity contribution in [2.45, 2.75) is 13.0 Å². The van der Waals surface area contributed by atoms with Crippen LogP contribution in [-0.4, -0.2) is 29.0 Å². The molecule has 0 radical (unpaired) electrons. The number of amides is 1. The van der Waals surface area contributed by atoms with Crippen LogP contribution in [0.4, 0.5) is 0 Å². The predicted molar refractivity (Wildman–Crippen MR) is 138 cm³/mol. The standard InChI is InChI=1S/C26H22BrClN4O2/c27-19-6-5-17-12-23(30-21(17)14-19)24-13-18-11-20(28)25(15-22(18)31-24)34-16-26(33)29-7-4-10-32-8-2-1-3-9-32/h1-3,5-6,8-9,11-15,30-31H,4,7,10,16H2/p+1. The lowest BCUT2D eigenvalue weighted by atomic mass is 10.2. The average molecular weight is 539 g/mol. The molecule has 0 aliphatic heterocycles. The van der Waals surface area contributed by atoms with Crippen LogP contribution < -0.4 is 14.6 Å². The van der Waals surface area contributed by atoms with Crippen molar-refractivity contribution in [3.8, 4) is 17.1 Å². The Labute approximate surface area is 210 Å². The zero-order valence-electron chi connectivity index (χ0n) is 18.3. The first kappa shape index (κ1) is 22.5. The molecule has 0 saturated carbocycles. The Balaban J connectivity index is 1.21. The summed E-state index contributed by atoms with van der Waals surface area (Å²) in [6.45, 7) is 1.33. The molecule has 0 spiro atoms. The summed E-state index contributed by atoms with van der Waals surface area (Å²) >= 11 is 9.94. The molecule has 0 saturated heterocycles. The number of hydrogen-bond donors (Lipinski definition) is 3. The fourth-order valence-electron chi connectivity index (χ4n) is 3.90. The number of ether oxygens (including phenoxy) is 1. The van der Waals surface area contributed by atoms with Crippen LogP contribution in [0.5, 0.6) is 5.75 Å². The smallest absolute Gasteiger partial charge is 0.257 e. The largest absolute Gasteiger partial charge is 0.482 e. The second-order valence-corrected chi connectivity index (χ2v) is 9.40. The lowest BCUT2D eigenvalue weighted by Gasteiger charge is -2.08. The Kier molecular flexibility index (Phi) is 6.56. The highest BCUT2D eigenvalue weighted by Crippen LogP contribution is 2.33. The molecule has 172 valence electrons. The Bertz CT molecular complexity index is 1460. The summed E-state index contributed by atoms with van der Waals surface area (Å²) < 4.78 is 8.82. The van der Waals surface area contributed by atoms with Gasteiger partial charge in [0.1, 0.15) is 12.3 Å². The van der Waals surface area contributed by atoms with Crippen LogP contribution in [0, 0.1) is 0 Å². The number of H-pyrrole nitrogens is 2. The summed E-state index contributed by atoms with van der Waals surface area (Å²) in [6.07, 6.45) is 4.85. The monoisotopic (exact) mass is 537 g/mol. The number of rotatable bonds is 8. The van der Waals surface area contributed by atoms with Gasteiger partial charge in [-0.25, -0.2) is 4.57 Å². The molecule has 8 heteroatoms. The number of nitrogens with one attached hydrogen (secondary N) is 3. The number of aromatic amines is 2. The molecular weight excluding hydrogens is 516 g/mol. The molecular formula is C26H23BrClN4O2+. The maximum Gasteiger partial charge on any atom is 0.257 e. The number of aromatic nitrogens is 3. The van der Waals surface area contributed by atoms with Crippen LogP contribution in [0.3, 0.4) is 0 Å². The number of fused-ring (bicyclic) bond motifs is 2. The molecule has 6 nitrogen and oxygen atoms in total. The van der Waals surface area contributed by atoms with Gasteiger partial charge in [-0.05, 0) is 30.3 Å². The number of carbonyl (C=O) groups excluding carboxylic acids is 1. The van der Waals surface area contributed by atoms with Crippen molar-refractivity contribution in [2.75, 3.05) is 13.2 Å². The Hall–Kier alpha value is -3.29. The van der Waals surface area contributed by atoms with E-state index in [0.717, 1.165) is 50.6 Å². The van der Waals surface area contributed by atoms with E-state index in [1.54, 1.807) is 0 Å². The second kappa shape index (κ2) is 9.91. The van der Waals surface area contributed by atoms with Crippen molar-refractivity contribution in [1.82, 2.24) is 15.3 Å². The lowest BCUT2D eigenvalue weighted by Crippen LogP contribution is -2.36. The van der Waals surface area contributed by atoms with E-state index in [1.165, 1.54) is 0 Å². The molecule has 0 aliphatic rings. The molecule has 5 aromatic rings. The number of hydrogen-bond acceptors (Lipinski definition) is 2. The van der Waals surface area contributed by atoms with E-state index in [4.69, 9.17) is 16.3 Å². The maximum absolute atomic E-state index is 12.2. The van der Waals surface area contributed by atoms with Crippen LogP contribution in [0.15, 0.2) is 77.5 Å². The first-order valence-corrected chi connectivity index (χ1v) is 12.2. The first-order chi connectivity index (χ1) is 16.5. The highest BCUT2D eigenvalue weighted by Gasteiger charge is 2.12. The number of carbonyl (C=O) groups is 1. The first-order valence-electron chi connectivity index (χ1n) is 11.0. The van der Waals surface area contributed by atoms with Crippen LogP contribution in [0.25, 0.3) is 33.2 Å². The summed E-state index contributed by atoms with van der Waals surface area (Å²) in [7, 11) is 0. The third kappa shape index (κ3) is 5.11. The normalized spacial score (nSPS) is 11.2. The molecule has 5 rings (SSSR count). The topological polar surface area (TPSA) is 73.8 Å². The zero-order valence-corrected chi connectivity index (χ0v) is 20.6. The number of nitrogens with zero attached hydrogens (tertiary/aromatic N) is 1. The molecule has 0 aliphatic carbocycles. The van der Waals surface area contributed by atoms with Gasteiger partial charge in [-0.1, -0.05) is 39.7 Å². The average Bonchev–Trinajstić information content (AvgIpc) is 3.44. The molecule has 2 aromatic carbocycles. The Morgan fingerprint density at radius 1 is 0.971 bits per heavy atom. The number of benzene rings is 2. The summed E-state index contributed by atoms with van der Waals surface area (Å²) in [5, 5.41) is 5.45. The summed E-state index contributed by atoms with van der Waals surface area (Å²) in [4.78, 5) is 19.1. The maximum atomic E-state index is 12.2. The lowest BCUT2D eigenvalue weighted by molar-refractivity contribution is -0.697. The van der Waals surface area contributed by atoms with Gasteiger partial charge < -0.3 is 20.0 Å². The summed E-state index contributed by atoms with van der Waals surface area (Å²) in [5.74, 6) is 0.295. The van der Waals surface area contributed by atoms with E-state index in [9.17, 15) is 4.79 Å². The van der Waals surface area contributed by atoms with Crippen molar-refractivity contribution in [1.29, 1.82) is 0 Å². The fraction of sp³-hybridized carbons (Fsp3) is 0.154. The molecule has 0 fully saturated rings. The van der Waals surface area contributed by atoms with Crippen molar-refractivity contribution >= 4 is 55.2 Å².